The minimum Gasteiger partial charge on any atom is -0.543 e. The number of β-lactam (4-membered cyclic amide) rings is 1. The number of thioether (sulfide) groups is 1. The SMILES string of the molecule is CCOc1ccc2nc(SC3=C(C(=O)[O-])N4C(=O)[C@H]([C@@H](C)O)[C@H]4[C@H]3C)sc2c1.[Na+]. The van der Waals surface area contributed by atoms with Crippen molar-refractivity contribution in [2.24, 2.45) is 11.8 Å². The van der Waals surface area contributed by atoms with Crippen molar-refractivity contribution in [2.75, 3.05) is 6.61 Å². The molecule has 1 amide bonds. The molecule has 0 radical (unpaired) electrons. The largest absolute Gasteiger partial charge is 1.00 e. The van der Waals surface area contributed by atoms with E-state index < -0.39 is 18.0 Å². The number of ether oxygens (including phenoxy) is 1. The van der Waals surface area contributed by atoms with Crippen molar-refractivity contribution in [3.8, 4) is 5.75 Å². The standard InChI is InChI=1S/C19H20N2O5S2.Na/c1-4-26-10-5-6-11-12(7-10)27-19(20-11)28-16-8(2)14-13(9(3)22)17(23)21(14)15(16)18(24)25;/h5-9,13-14,22H,4H2,1-3H3,(H,24,25);/q;+1/p-1/t8-,9-,13-,14-;/m1./s1. The number of carbonyl (C=O) groups excluding carboxylic acids is 2. The van der Waals surface area contributed by atoms with E-state index >= 15 is 0 Å². The van der Waals surface area contributed by atoms with Gasteiger partial charge < -0.3 is 24.6 Å². The summed E-state index contributed by atoms with van der Waals surface area (Å²) in [5.41, 5.74) is 0.706. The van der Waals surface area contributed by atoms with Crippen LogP contribution in [0.2, 0.25) is 0 Å². The fourth-order valence-corrected chi connectivity index (χ4v) is 6.29. The number of aliphatic carboxylic acids is 1. The summed E-state index contributed by atoms with van der Waals surface area (Å²) in [5, 5.41) is 21.7. The predicted molar refractivity (Wildman–Crippen MR) is 104 cm³/mol. The fraction of sp³-hybridized carbons (Fsp3) is 0.421. The molecule has 2 aliphatic rings. The Hall–Kier alpha value is -1.10. The van der Waals surface area contributed by atoms with Crippen molar-refractivity contribution in [3.63, 3.8) is 0 Å². The van der Waals surface area contributed by atoms with Crippen LogP contribution in [-0.2, 0) is 9.59 Å². The van der Waals surface area contributed by atoms with Gasteiger partial charge in [-0.15, -0.1) is 11.3 Å². The van der Waals surface area contributed by atoms with E-state index in [2.05, 4.69) is 4.98 Å². The average molecular weight is 442 g/mol. The molecule has 2 aromatic rings. The van der Waals surface area contributed by atoms with Gasteiger partial charge in [-0.3, -0.25) is 4.79 Å². The molecule has 0 unspecified atom stereocenters. The molecule has 0 aliphatic carbocycles. The van der Waals surface area contributed by atoms with Crippen LogP contribution in [0.4, 0.5) is 0 Å². The Morgan fingerprint density at radius 3 is 2.83 bits per heavy atom. The molecular formula is C19H19N2NaO5S2. The van der Waals surface area contributed by atoms with Gasteiger partial charge in [0.25, 0.3) is 0 Å². The second-order valence-corrected chi connectivity index (χ2v) is 9.22. The van der Waals surface area contributed by atoms with Crippen molar-refractivity contribution < 1.29 is 54.1 Å². The first-order chi connectivity index (χ1) is 13.3. The van der Waals surface area contributed by atoms with Gasteiger partial charge in [0.1, 0.15) is 5.75 Å². The van der Waals surface area contributed by atoms with Crippen LogP contribution in [0.15, 0.2) is 33.1 Å². The van der Waals surface area contributed by atoms with Gasteiger partial charge in [-0.1, -0.05) is 18.7 Å². The van der Waals surface area contributed by atoms with Crippen LogP contribution in [0.5, 0.6) is 5.75 Å². The van der Waals surface area contributed by atoms with Gasteiger partial charge in [-0.05, 0) is 32.0 Å². The molecule has 0 saturated carbocycles. The number of aliphatic hydroxyl groups excluding tert-OH is 1. The summed E-state index contributed by atoms with van der Waals surface area (Å²) in [6.45, 7) is 5.91. The number of rotatable bonds is 6. The van der Waals surface area contributed by atoms with Crippen LogP contribution in [0, 0.1) is 11.8 Å². The number of carboxylic acids is 1. The van der Waals surface area contributed by atoms with Crippen molar-refractivity contribution in [2.45, 2.75) is 37.3 Å². The molecule has 1 aromatic carbocycles. The maximum absolute atomic E-state index is 12.4. The zero-order chi connectivity index (χ0) is 20.2. The molecule has 0 spiro atoms. The first-order valence-corrected chi connectivity index (χ1v) is 10.6. The van der Waals surface area contributed by atoms with Crippen molar-refractivity contribution in [1.29, 1.82) is 0 Å². The zero-order valence-electron chi connectivity index (χ0n) is 16.5. The number of fused-ring (bicyclic) bond motifs is 2. The molecule has 1 N–H and O–H groups in total. The van der Waals surface area contributed by atoms with Crippen molar-refractivity contribution in [1.82, 2.24) is 9.88 Å². The average Bonchev–Trinajstić information content (AvgIpc) is 3.12. The minimum atomic E-state index is -1.38. The third-order valence-electron chi connectivity index (χ3n) is 5.15. The third-order valence-corrected chi connectivity index (χ3v) is 7.51. The Bertz CT molecular complexity index is 1010. The normalized spacial score (nSPS) is 24.2. The van der Waals surface area contributed by atoms with E-state index in [4.69, 9.17) is 4.74 Å². The number of aromatic nitrogens is 1. The van der Waals surface area contributed by atoms with Gasteiger partial charge in [0.2, 0.25) is 5.91 Å². The fourth-order valence-electron chi connectivity index (χ4n) is 3.93. The minimum absolute atomic E-state index is 0. The van der Waals surface area contributed by atoms with E-state index in [-0.39, 0.29) is 53.1 Å². The Morgan fingerprint density at radius 1 is 1.48 bits per heavy atom. The van der Waals surface area contributed by atoms with Crippen LogP contribution in [-0.4, -0.2) is 45.6 Å². The van der Waals surface area contributed by atoms with Gasteiger partial charge >= 0.3 is 29.6 Å². The number of carbonyl (C=O) groups is 2. The number of carboxylic acid groups (broad SMARTS) is 1. The van der Waals surface area contributed by atoms with E-state index in [1.54, 1.807) is 6.92 Å². The van der Waals surface area contributed by atoms with Crippen LogP contribution >= 0.6 is 23.1 Å². The zero-order valence-corrected chi connectivity index (χ0v) is 20.2. The van der Waals surface area contributed by atoms with Gasteiger partial charge in [-0.25, -0.2) is 4.98 Å². The number of amides is 1. The van der Waals surface area contributed by atoms with E-state index in [1.165, 1.54) is 28.0 Å². The van der Waals surface area contributed by atoms with E-state index in [0.717, 1.165) is 16.0 Å². The summed E-state index contributed by atoms with van der Waals surface area (Å²) in [6, 6.07) is 5.27. The number of nitrogens with zero attached hydrogens (tertiary/aromatic N) is 2. The molecule has 1 fully saturated rings. The Morgan fingerprint density at radius 2 is 2.21 bits per heavy atom. The Balaban J connectivity index is 0.00000240. The molecule has 1 aromatic heterocycles. The van der Waals surface area contributed by atoms with E-state index in [0.29, 0.717) is 15.9 Å². The van der Waals surface area contributed by atoms with E-state index in [1.807, 2.05) is 32.0 Å². The molecular weight excluding hydrogens is 423 g/mol. The number of aliphatic hydroxyl groups is 1. The topological polar surface area (TPSA) is 103 Å². The van der Waals surface area contributed by atoms with Crippen LogP contribution < -0.4 is 39.4 Å². The maximum Gasteiger partial charge on any atom is 1.00 e. The molecule has 4 rings (SSSR count). The molecule has 2 aliphatic heterocycles. The van der Waals surface area contributed by atoms with E-state index in [9.17, 15) is 19.8 Å². The summed E-state index contributed by atoms with van der Waals surface area (Å²) in [7, 11) is 0. The number of thiazole rings is 1. The predicted octanol–water partition coefficient (Wildman–Crippen LogP) is -1.39. The molecule has 0 bridgehead atoms. The van der Waals surface area contributed by atoms with Crippen molar-refractivity contribution >= 4 is 45.2 Å². The molecule has 29 heavy (non-hydrogen) atoms. The first kappa shape index (κ1) is 22.6. The molecule has 3 heterocycles. The van der Waals surface area contributed by atoms with Crippen molar-refractivity contribution in [3.05, 3.63) is 28.8 Å². The molecule has 4 atom stereocenters. The molecule has 10 heteroatoms. The summed E-state index contributed by atoms with van der Waals surface area (Å²) in [5.74, 6) is -1.80. The number of benzene rings is 1. The molecule has 1 saturated heterocycles. The molecule has 148 valence electrons. The van der Waals surface area contributed by atoms with Crippen LogP contribution in [0.3, 0.4) is 0 Å². The van der Waals surface area contributed by atoms with Crippen LogP contribution in [0.25, 0.3) is 10.2 Å². The smallest absolute Gasteiger partial charge is 0.543 e. The maximum atomic E-state index is 12.4. The molecule has 7 nitrogen and oxygen atoms in total. The summed E-state index contributed by atoms with van der Waals surface area (Å²) >= 11 is 2.70. The Kier molecular flexibility index (Phi) is 6.67. The third kappa shape index (κ3) is 3.73. The quantitative estimate of drug-likeness (QED) is 0.434. The van der Waals surface area contributed by atoms with Crippen LogP contribution in [0.1, 0.15) is 20.8 Å². The number of hydrogen-bond donors (Lipinski definition) is 1. The van der Waals surface area contributed by atoms with Gasteiger partial charge in [0.15, 0.2) is 4.34 Å². The monoisotopic (exact) mass is 442 g/mol. The second kappa shape index (κ2) is 8.56. The summed E-state index contributed by atoms with van der Waals surface area (Å²) in [6.07, 6.45) is -0.831. The van der Waals surface area contributed by atoms with Gasteiger partial charge in [0, 0.05) is 10.8 Å². The first-order valence-electron chi connectivity index (χ1n) is 9.01. The summed E-state index contributed by atoms with van der Waals surface area (Å²) in [4.78, 5) is 30.5. The second-order valence-electron chi connectivity index (χ2n) is 6.90. The van der Waals surface area contributed by atoms with Gasteiger partial charge in [-0.2, -0.15) is 0 Å². The Labute approximate surface area is 198 Å². The van der Waals surface area contributed by atoms with Gasteiger partial charge in [0.05, 0.1) is 46.6 Å². The number of hydrogen-bond acceptors (Lipinski definition) is 8. The summed E-state index contributed by atoms with van der Waals surface area (Å²) < 4.78 is 7.14.